The van der Waals surface area contributed by atoms with Crippen molar-refractivity contribution in [2.24, 2.45) is 0 Å². The monoisotopic (exact) mass is 494 g/mol. The van der Waals surface area contributed by atoms with Crippen LogP contribution in [0.2, 0.25) is 5.02 Å². The van der Waals surface area contributed by atoms with Crippen LogP contribution >= 0.6 is 11.6 Å². The molecule has 0 N–H and O–H groups in total. The number of fused-ring (bicyclic) bond motifs is 1. The molecule has 0 saturated carbocycles. The summed E-state index contributed by atoms with van der Waals surface area (Å²) in [5.41, 5.74) is 0.848. The van der Waals surface area contributed by atoms with Crippen LogP contribution in [0.5, 0.6) is 17.5 Å². The highest BCUT2D eigenvalue weighted by molar-refractivity contribution is 6.30. The molecule has 34 heavy (non-hydrogen) atoms. The van der Waals surface area contributed by atoms with Gasteiger partial charge in [-0.25, -0.2) is 0 Å². The van der Waals surface area contributed by atoms with E-state index >= 15 is 0 Å². The summed E-state index contributed by atoms with van der Waals surface area (Å²) in [5, 5.41) is 0.521. The molecule has 2 aromatic carbocycles. The average Bonchev–Trinajstić information content (AvgIpc) is 3.07. The Hall–Kier alpha value is -3.73. The molecule has 1 aromatic heterocycles. The van der Waals surface area contributed by atoms with Gasteiger partial charge in [0.2, 0.25) is 5.91 Å². The molecular weight excluding hydrogens is 477 g/mol. The highest BCUT2D eigenvalue weighted by Gasteiger charge is 2.35. The molecule has 0 fully saturated rings. The minimum absolute atomic E-state index is 0.00551. The molecule has 4 rings (SSSR count). The van der Waals surface area contributed by atoms with Crippen LogP contribution in [0.1, 0.15) is 16.1 Å². The Labute approximate surface area is 197 Å². The second-order valence-electron chi connectivity index (χ2n) is 7.52. The lowest BCUT2D eigenvalue weighted by Gasteiger charge is -2.16. The number of benzene rings is 2. The number of carbonyl (C=O) groups is 2. The van der Waals surface area contributed by atoms with Gasteiger partial charge in [0.15, 0.2) is 11.5 Å². The lowest BCUT2D eigenvalue weighted by molar-refractivity contribution is -0.274. The number of imidazole rings is 1. The first-order valence-electron chi connectivity index (χ1n) is 9.92. The molecule has 0 atom stereocenters. The largest absolute Gasteiger partial charge is 0.573 e. The van der Waals surface area contributed by atoms with E-state index in [-0.39, 0.29) is 42.3 Å². The third kappa shape index (κ3) is 4.93. The first kappa shape index (κ1) is 23.4. The van der Waals surface area contributed by atoms with Crippen molar-refractivity contribution in [3.63, 3.8) is 0 Å². The Morgan fingerprint density at radius 1 is 1.06 bits per heavy atom. The van der Waals surface area contributed by atoms with Crippen LogP contribution in [0, 0.1) is 0 Å². The predicted molar refractivity (Wildman–Crippen MR) is 116 cm³/mol. The molecule has 2 amide bonds. The van der Waals surface area contributed by atoms with Crippen LogP contribution in [0.15, 0.2) is 48.5 Å². The first-order chi connectivity index (χ1) is 16.0. The summed E-state index contributed by atoms with van der Waals surface area (Å²) in [6.45, 7) is -0.0190. The summed E-state index contributed by atoms with van der Waals surface area (Å²) in [4.78, 5) is 32.5. The SMILES string of the molecule is CN1CC(=O)N(C)c2nc(Oc3cccc(OC(F)(F)F)c3)n(Cc3ccc(Cl)cc3)c2C1=O. The number of anilines is 1. The maximum absolute atomic E-state index is 13.1. The summed E-state index contributed by atoms with van der Waals surface area (Å²) in [7, 11) is 2.97. The molecule has 0 aliphatic carbocycles. The van der Waals surface area contributed by atoms with Gasteiger partial charge in [0, 0.05) is 25.2 Å². The zero-order valence-corrected chi connectivity index (χ0v) is 18.7. The van der Waals surface area contributed by atoms with Crippen LogP contribution in [-0.4, -0.2) is 53.3 Å². The Balaban J connectivity index is 1.79. The number of hydrogen-bond donors (Lipinski definition) is 0. The third-order valence-electron chi connectivity index (χ3n) is 5.03. The summed E-state index contributed by atoms with van der Waals surface area (Å²) in [6, 6.07) is 11.7. The van der Waals surface area contributed by atoms with Crippen LogP contribution in [0.3, 0.4) is 0 Å². The van der Waals surface area contributed by atoms with E-state index in [1.54, 1.807) is 24.3 Å². The third-order valence-corrected chi connectivity index (χ3v) is 5.28. The van der Waals surface area contributed by atoms with Gasteiger partial charge in [-0.05, 0) is 29.8 Å². The van der Waals surface area contributed by atoms with Crippen LogP contribution in [0.25, 0.3) is 0 Å². The highest BCUT2D eigenvalue weighted by Crippen LogP contribution is 2.34. The first-order valence-corrected chi connectivity index (χ1v) is 10.3. The van der Waals surface area contributed by atoms with E-state index in [2.05, 4.69) is 9.72 Å². The summed E-state index contributed by atoms with van der Waals surface area (Å²) in [5.74, 6) is -1.23. The van der Waals surface area contributed by atoms with E-state index in [0.29, 0.717) is 5.02 Å². The van der Waals surface area contributed by atoms with Crippen molar-refractivity contribution in [1.82, 2.24) is 14.5 Å². The van der Waals surface area contributed by atoms with Gasteiger partial charge in [-0.2, -0.15) is 4.98 Å². The van der Waals surface area contributed by atoms with Gasteiger partial charge >= 0.3 is 12.4 Å². The number of carbonyl (C=O) groups excluding carboxylic acids is 2. The molecule has 1 aliphatic rings. The molecule has 0 radical (unpaired) electrons. The lowest BCUT2D eigenvalue weighted by atomic mass is 10.2. The number of alkyl halides is 3. The number of nitrogens with zero attached hydrogens (tertiary/aromatic N) is 4. The fourth-order valence-electron chi connectivity index (χ4n) is 3.38. The smallest absolute Gasteiger partial charge is 0.425 e. The maximum Gasteiger partial charge on any atom is 0.573 e. The number of ether oxygens (including phenoxy) is 2. The average molecular weight is 495 g/mol. The molecule has 178 valence electrons. The van der Waals surface area contributed by atoms with Gasteiger partial charge in [-0.1, -0.05) is 29.8 Å². The normalized spacial score (nSPS) is 14.2. The highest BCUT2D eigenvalue weighted by atomic mass is 35.5. The fourth-order valence-corrected chi connectivity index (χ4v) is 3.51. The Kier molecular flexibility index (Phi) is 6.13. The van der Waals surface area contributed by atoms with Crippen molar-refractivity contribution in [2.45, 2.75) is 12.9 Å². The van der Waals surface area contributed by atoms with Gasteiger partial charge in [0.1, 0.15) is 18.0 Å². The Bertz CT molecular complexity index is 1240. The fraction of sp³-hybridized carbons (Fsp3) is 0.227. The minimum Gasteiger partial charge on any atom is -0.425 e. The molecular formula is C22H18ClF3N4O4. The topological polar surface area (TPSA) is 76.9 Å². The van der Waals surface area contributed by atoms with Gasteiger partial charge in [0.25, 0.3) is 5.91 Å². The summed E-state index contributed by atoms with van der Waals surface area (Å²) in [6.07, 6.45) is -4.87. The van der Waals surface area contributed by atoms with E-state index in [0.717, 1.165) is 17.7 Å². The van der Waals surface area contributed by atoms with Gasteiger partial charge in [-0.3, -0.25) is 19.1 Å². The molecule has 3 aromatic rings. The quantitative estimate of drug-likeness (QED) is 0.528. The number of halogens is 4. The van der Waals surface area contributed by atoms with Crippen molar-refractivity contribution >= 4 is 29.2 Å². The molecule has 8 nitrogen and oxygen atoms in total. The maximum atomic E-state index is 13.1. The van der Waals surface area contributed by atoms with E-state index in [4.69, 9.17) is 16.3 Å². The molecule has 0 unspecified atom stereocenters. The number of aromatic nitrogens is 2. The molecule has 0 saturated heterocycles. The molecule has 0 bridgehead atoms. The number of hydrogen-bond acceptors (Lipinski definition) is 5. The van der Waals surface area contributed by atoms with Crippen LogP contribution in [0.4, 0.5) is 19.0 Å². The minimum atomic E-state index is -4.87. The van der Waals surface area contributed by atoms with E-state index < -0.39 is 18.0 Å². The second-order valence-corrected chi connectivity index (χ2v) is 7.95. The summed E-state index contributed by atoms with van der Waals surface area (Å²) < 4.78 is 49.1. The van der Waals surface area contributed by atoms with Crippen LogP contribution < -0.4 is 14.4 Å². The van der Waals surface area contributed by atoms with Crippen LogP contribution in [-0.2, 0) is 11.3 Å². The standard InChI is InChI=1S/C22H18ClF3N4O4/c1-28-12-17(31)29(2)19-18(20(28)32)30(11-13-6-8-14(23)9-7-13)21(27-19)33-15-4-3-5-16(10-15)34-22(24,25)26/h3-10H,11-12H2,1-2H3. The summed E-state index contributed by atoms with van der Waals surface area (Å²) >= 11 is 5.97. The van der Waals surface area contributed by atoms with E-state index in [1.807, 2.05) is 0 Å². The lowest BCUT2D eigenvalue weighted by Crippen LogP contribution is -2.35. The zero-order chi connectivity index (χ0) is 24.6. The predicted octanol–water partition coefficient (Wildman–Crippen LogP) is 4.32. The van der Waals surface area contributed by atoms with Gasteiger partial charge < -0.3 is 14.4 Å². The Morgan fingerprint density at radius 2 is 1.74 bits per heavy atom. The van der Waals surface area contributed by atoms with Crippen molar-refractivity contribution in [2.75, 3.05) is 25.5 Å². The van der Waals surface area contributed by atoms with Crippen molar-refractivity contribution in [3.8, 4) is 17.5 Å². The zero-order valence-electron chi connectivity index (χ0n) is 18.0. The van der Waals surface area contributed by atoms with Crippen molar-refractivity contribution in [3.05, 3.63) is 64.8 Å². The molecule has 2 heterocycles. The van der Waals surface area contributed by atoms with E-state index in [9.17, 15) is 22.8 Å². The molecule has 12 heteroatoms. The van der Waals surface area contributed by atoms with Crippen molar-refractivity contribution in [1.29, 1.82) is 0 Å². The van der Waals surface area contributed by atoms with Gasteiger partial charge in [0.05, 0.1) is 6.54 Å². The number of likely N-dealkylation sites (N-methyl/N-ethyl adjacent to an activating group) is 2. The van der Waals surface area contributed by atoms with Gasteiger partial charge in [-0.15, -0.1) is 13.2 Å². The Morgan fingerprint density at radius 3 is 2.41 bits per heavy atom. The van der Waals surface area contributed by atoms with Crippen molar-refractivity contribution < 1.29 is 32.2 Å². The number of amides is 2. The second kappa shape index (κ2) is 8.90. The molecule has 0 spiro atoms. The molecule has 1 aliphatic heterocycles. The van der Waals surface area contributed by atoms with E-state index in [1.165, 1.54) is 40.6 Å². The number of rotatable bonds is 5.